The summed E-state index contributed by atoms with van der Waals surface area (Å²) in [7, 11) is 0. The monoisotopic (exact) mass is 612 g/mol. The second kappa shape index (κ2) is 30.6. The molecule has 0 aliphatic rings. The summed E-state index contributed by atoms with van der Waals surface area (Å²) in [4.78, 5) is 23.8. The molecule has 254 valence electrons. The van der Waals surface area contributed by atoms with Crippen molar-refractivity contribution in [2.24, 2.45) is 5.92 Å². The largest absolute Gasteiger partial charge is 0.463 e. The highest BCUT2D eigenvalue weighted by molar-refractivity contribution is 5.69. The smallest absolute Gasteiger partial charge is 0.305 e. The van der Waals surface area contributed by atoms with Gasteiger partial charge in [-0.2, -0.15) is 0 Å². The molecule has 0 saturated heterocycles. The normalized spacial score (nSPS) is 14.5. The molecule has 0 aromatic heterocycles. The molecule has 0 aromatic carbocycles. The number of esters is 2. The van der Waals surface area contributed by atoms with Gasteiger partial charge in [0, 0.05) is 12.8 Å². The fourth-order valence-electron chi connectivity index (χ4n) is 4.97. The minimum atomic E-state index is -1.01. The van der Waals surface area contributed by atoms with Crippen molar-refractivity contribution in [2.45, 2.75) is 187 Å². The van der Waals surface area contributed by atoms with Crippen LogP contribution in [-0.2, 0) is 19.1 Å². The Bertz CT molecular complexity index is 666. The molecule has 0 spiro atoms. The molecule has 0 aromatic rings. The molecule has 0 radical (unpaired) electrons. The van der Waals surface area contributed by atoms with Crippen LogP contribution < -0.4 is 0 Å². The van der Waals surface area contributed by atoms with Crippen LogP contribution in [0.2, 0.25) is 0 Å². The van der Waals surface area contributed by atoms with Crippen molar-refractivity contribution in [3.8, 4) is 0 Å². The van der Waals surface area contributed by atoms with Gasteiger partial charge in [0.2, 0.25) is 0 Å². The Hall–Kier alpha value is -1.44. The molecule has 0 heterocycles. The van der Waals surface area contributed by atoms with E-state index < -0.39 is 18.3 Å². The molecular formula is C36H68O7. The zero-order valence-electron chi connectivity index (χ0n) is 28.1. The van der Waals surface area contributed by atoms with Crippen LogP contribution in [0.5, 0.6) is 0 Å². The van der Waals surface area contributed by atoms with Gasteiger partial charge in [0.1, 0.15) is 19.3 Å². The van der Waals surface area contributed by atoms with E-state index in [1.807, 2.05) is 6.08 Å². The summed E-state index contributed by atoms with van der Waals surface area (Å²) >= 11 is 0. The van der Waals surface area contributed by atoms with E-state index in [-0.39, 0.29) is 31.6 Å². The van der Waals surface area contributed by atoms with Crippen molar-refractivity contribution >= 4 is 11.9 Å². The van der Waals surface area contributed by atoms with Crippen LogP contribution in [-0.4, -0.2) is 58.8 Å². The van der Waals surface area contributed by atoms with Gasteiger partial charge in [0.15, 0.2) is 0 Å². The predicted octanol–water partition coefficient (Wildman–Crippen LogP) is 8.36. The summed E-state index contributed by atoms with van der Waals surface area (Å²) in [6.45, 7) is 6.43. The molecule has 3 N–H and O–H groups in total. The van der Waals surface area contributed by atoms with E-state index >= 15 is 0 Å². The van der Waals surface area contributed by atoms with E-state index in [1.54, 1.807) is 0 Å². The average Bonchev–Trinajstić information content (AvgIpc) is 3.00. The van der Waals surface area contributed by atoms with Gasteiger partial charge >= 0.3 is 11.9 Å². The van der Waals surface area contributed by atoms with E-state index in [4.69, 9.17) is 9.47 Å². The number of allylic oxidation sites excluding steroid dienone is 1. The number of hydrogen-bond acceptors (Lipinski definition) is 7. The van der Waals surface area contributed by atoms with Gasteiger partial charge in [0.25, 0.3) is 0 Å². The zero-order valence-corrected chi connectivity index (χ0v) is 28.1. The van der Waals surface area contributed by atoms with Gasteiger partial charge in [-0.05, 0) is 44.4 Å². The molecule has 0 saturated carbocycles. The number of aliphatic hydroxyl groups is 3. The predicted molar refractivity (Wildman–Crippen MR) is 176 cm³/mol. The van der Waals surface area contributed by atoms with Crippen LogP contribution in [0.15, 0.2) is 12.2 Å². The average molecular weight is 613 g/mol. The first-order valence-electron chi connectivity index (χ1n) is 17.8. The molecule has 0 aliphatic heterocycles. The Morgan fingerprint density at radius 3 is 1.60 bits per heavy atom. The Morgan fingerprint density at radius 1 is 0.605 bits per heavy atom. The summed E-state index contributed by atoms with van der Waals surface area (Å²) in [5.74, 6) is 0.176. The lowest BCUT2D eigenvalue weighted by Crippen LogP contribution is -2.25. The fraction of sp³-hybridized carbons (Fsp3) is 0.889. The van der Waals surface area contributed by atoms with Crippen LogP contribution in [0.4, 0.5) is 0 Å². The Kier molecular flexibility index (Phi) is 29.6. The summed E-state index contributed by atoms with van der Waals surface area (Å²) in [5, 5.41) is 30.2. The summed E-state index contributed by atoms with van der Waals surface area (Å²) in [6, 6.07) is 0. The first kappa shape index (κ1) is 41.6. The van der Waals surface area contributed by atoms with Gasteiger partial charge in [-0.3, -0.25) is 9.59 Å². The molecule has 0 bridgehead atoms. The molecule has 0 aliphatic carbocycles. The van der Waals surface area contributed by atoms with Gasteiger partial charge in [-0.25, -0.2) is 0 Å². The van der Waals surface area contributed by atoms with Crippen LogP contribution in [0, 0.1) is 5.92 Å². The van der Waals surface area contributed by atoms with Crippen molar-refractivity contribution in [2.75, 3.05) is 13.2 Å². The van der Waals surface area contributed by atoms with Crippen LogP contribution in [0.25, 0.3) is 0 Å². The molecule has 0 amide bonds. The maximum Gasteiger partial charge on any atom is 0.305 e. The first-order chi connectivity index (χ1) is 20.8. The van der Waals surface area contributed by atoms with Crippen molar-refractivity contribution in [3.63, 3.8) is 0 Å². The third-order valence-corrected chi connectivity index (χ3v) is 8.24. The summed E-state index contributed by atoms with van der Waals surface area (Å²) in [6.07, 6.45) is 24.3. The number of hydrogen-bond donors (Lipinski definition) is 3. The highest BCUT2D eigenvalue weighted by Gasteiger charge is 2.14. The second-order valence-electron chi connectivity index (χ2n) is 12.5. The Labute approximate surface area is 264 Å². The fourth-order valence-corrected chi connectivity index (χ4v) is 4.97. The highest BCUT2D eigenvalue weighted by Crippen LogP contribution is 2.16. The van der Waals surface area contributed by atoms with Gasteiger partial charge in [-0.1, -0.05) is 129 Å². The van der Waals surface area contributed by atoms with Crippen molar-refractivity contribution < 1.29 is 34.4 Å². The number of aliphatic hydroxyl groups excluding tert-OH is 3. The minimum Gasteiger partial charge on any atom is -0.463 e. The second-order valence-corrected chi connectivity index (χ2v) is 12.5. The molecule has 0 rings (SSSR count). The van der Waals surface area contributed by atoms with Crippen LogP contribution in [0.3, 0.4) is 0 Å². The molecule has 7 heteroatoms. The van der Waals surface area contributed by atoms with Gasteiger partial charge in [0.05, 0.1) is 12.2 Å². The van der Waals surface area contributed by atoms with E-state index in [1.165, 1.54) is 64.2 Å². The number of unbranched alkanes of at least 4 members (excludes halogenated alkanes) is 14. The van der Waals surface area contributed by atoms with Crippen molar-refractivity contribution in [1.82, 2.24) is 0 Å². The van der Waals surface area contributed by atoms with Crippen molar-refractivity contribution in [3.05, 3.63) is 12.2 Å². The summed E-state index contributed by atoms with van der Waals surface area (Å²) in [5.41, 5.74) is 0. The molecule has 43 heavy (non-hydrogen) atoms. The maximum absolute atomic E-state index is 11.9. The van der Waals surface area contributed by atoms with E-state index in [0.29, 0.717) is 25.7 Å². The minimum absolute atomic E-state index is 0.154. The lowest BCUT2D eigenvalue weighted by atomic mass is 9.99. The zero-order chi connectivity index (χ0) is 32.0. The van der Waals surface area contributed by atoms with E-state index in [0.717, 1.165) is 57.3 Å². The van der Waals surface area contributed by atoms with Crippen LogP contribution >= 0.6 is 0 Å². The molecule has 1 unspecified atom stereocenters. The first-order valence-corrected chi connectivity index (χ1v) is 17.8. The lowest BCUT2D eigenvalue weighted by Gasteiger charge is -2.16. The SMILES string of the molecule is CCCCC/C=C\C[C@@H](O)[C@H](O)CCCCCCCC(=O)OC[C@H](O)COC(=O)CCCCCCCCCCC(C)CC. The van der Waals surface area contributed by atoms with E-state index in [9.17, 15) is 24.9 Å². The van der Waals surface area contributed by atoms with Crippen molar-refractivity contribution in [1.29, 1.82) is 0 Å². The highest BCUT2D eigenvalue weighted by atomic mass is 16.6. The maximum atomic E-state index is 11.9. The number of carbonyl (C=O) groups is 2. The van der Waals surface area contributed by atoms with Crippen LogP contribution in [0.1, 0.15) is 168 Å². The molecule has 0 fully saturated rings. The van der Waals surface area contributed by atoms with Gasteiger partial charge in [-0.15, -0.1) is 0 Å². The standard InChI is InChI=1S/C36H68O7/c1-4-6-7-8-15-20-25-33(38)34(39)26-21-16-13-18-23-28-36(41)43-30-32(37)29-42-35(40)27-22-17-12-10-9-11-14-19-24-31(3)5-2/h15,20,31-34,37-39H,4-14,16-19,21-30H2,1-3H3/b20-15-/t31?,32-,33-,34-/m1/s1. The number of carbonyl (C=O) groups excluding carboxylic acids is 2. The quantitative estimate of drug-likeness (QED) is 0.0409. The third kappa shape index (κ3) is 29.1. The molecule has 4 atom stereocenters. The lowest BCUT2D eigenvalue weighted by molar-refractivity contribution is -0.152. The summed E-state index contributed by atoms with van der Waals surface area (Å²) < 4.78 is 10.2. The topological polar surface area (TPSA) is 113 Å². The molecule has 7 nitrogen and oxygen atoms in total. The molecular weight excluding hydrogens is 544 g/mol. The van der Waals surface area contributed by atoms with E-state index in [2.05, 4.69) is 26.8 Å². The Morgan fingerprint density at radius 2 is 1.09 bits per heavy atom. The van der Waals surface area contributed by atoms with Gasteiger partial charge < -0.3 is 24.8 Å². The Balaban J connectivity index is 3.59. The number of rotatable bonds is 31. The number of ether oxygens (including phenoxy) is 2. The third-order valence-electron chi connectivity index (χ3n) is 8.24.